The standard InChI is InChI=1S/C10H21N3O/c1-5-9(11)10(14)13(6-2)8-7-12(3)4/h5H,6-8,11H2,1-4H3. The summed E-state index contributed by atoms with van der Waals surface area (Å²) in [6.07, 6.45) is 1.64. The highest BCUT2D eigenvalue weighted by Gasteiger charge is 2.13. The molecule has 0 aliphatic rings. The largest absolute Gasteiger partial charge is 0.395 e. The SMILES string of the molecule is CC=C(N)C(=O)N(CC)CCN(C)C. The maximum Gasteiger partial charge on any atom is 0.269 e. The molecule has 82 valence electrons. The van der Waals surface area contributed by atoms with Crippen molar-refractivity contribution in [2.45, 2.75) is 13.8 Å². The Kier molecular flexibility index (Phi) is 5.95. The van der Waals surface area contributed by atoms with Crippen LogP contribution >= 0.6 is 0 Å². The van der Waals surface area contributed by atoms with E-state index in [9.17, 15) is 4.79 Å². The lowest BCUT2D eigenvalue weighted by Crippen LogP contribution is -2.38. The number of hydrogen-bond donors (Lipinski definition) is 1. The molecule has 0 unspecified atom stereocenters. The minimum absolute atomic E-state index is 0.0724. The van der Waals surface area contributed by atoms with E-state index in [0.29, 0.717) is 12.2 Å². The molecule has 4 nitrogen and oxygen atoms in total. The highest BCUT2D eigenvalue weighted by Crippen LogP contribution is 1.96. The van der Waals surface area contributed by atoms with Crippen molar-refractivity contribution in [3.8, 4) is 0 Å². The summed E-state index contributed by atoms with van der Waals surface area (Å²) in [6, 6.07) is 0. The maximum atomic E-state index is 11.6. The molecule has 4 heteroatoms. The summed E-state index contributed by atoms with van der Waals surface area (Å²) in [5.74, 6) is -0.0724. The van der Waals surface area contributed by atoms with E-state index in [2.05, 4.69) is 0 Å². The molecule has 0 spiro atoms. The molecule has 0 bridgehead atoms. The minimum Gasteiger partial charge on any atom is -0.395 e. The number of allylic oxidation sites excluding steroid dienone is 1. The molecule has 0 saturated heterocycles. The van der Waals surface area contributed by atoms with Gasteiger partial charge in [0, 0.05) is 19.6 Å². The van der Waals surface area contributed by atoms with Crippen molar-refractivity contribution in [1.82, 2.24) is 9.80 Å². The Morgan fingerprint density at radius 1 is 1.36 bits per heavy atom. The van der Waals surface area contributed by atoms with E-state index < -0.39 is 0 Å². The van der Waals surface area contributed by atoms with Gasteiger partial charge in [-0.3, -0.25) is 4.79 Å². The van der Waals surface area contributed by atoms with E-state index in [0.717, 1.165) is 13.1 Å². The van der Waals surface area contributed by atoms with Crippen LogP contribution in [0.4, 0.5) is 0 Å². The summed E-state index contributed by atoms with van der Waals surface area (Å²) in [5, 5.41) is 0. The Morgan fingerprint density at radius 2 is 1.93 bits per heavy atom. The van der Waals surface area contributed by atoms with Crippen LogP contribution in [0.15, 0.2) is 11.8 Å². The van der Waals surface area contributed by atoms with Gasteiger partial charge in [-0.05, 0) is 27.9 Å². The molecule has 0 radical (unpaired) electrons. The van der Waals surface area contributed by atoms with Crippen LogP contribution in [-0.4, -0.2) is 49.4 Å². The topological polar surface area (TPSA) is 49.6 Å². The predicted octanol–water partition coefficient (Wildman–Crippen LogP) is 0.259. The number of carbonyl (C=O) groups is 1. The third kappa shape index (κ3) is 4.28. The van der Waals surface area contributed by atoms with Crippen LogP contribution in [0.3, 0.4) is 0 Å². The number of nitrogens with two attached hydrogens (primary N) is 1. The minimum atomic E-state index is -0.0724. The molecule has 0 atom stereocenters. The summed E-state index contributed by atoms with van der Waals surface area (Å²) in [7, 11) is 3.97. The number of carbonyl (C=O) groups excluding carboxylic acids is 1. The Bertz CT molecular complexity index is 211. The summed E-state index contributed by atoms with van der Waals surface area (Å²) in [6.45, 7) is 6.00. The fourth-order valence-electron chi connectivity index (χ4n) is 1.03. The van der Waals surface area contributed by atoms with Crippen molar-refractivity contribution >= 4 is 5.91 Å². The van der Waals surface area contributed by atoms with Gasteiger partial charge in [-0.25, -0.2) is 0 Å². The smallest absolute Gasteiger partial charge is 0.269 e. The van der Waals surface area contributed by atoms with Gasteiger partial charge >= 0.3 is 0 Å². The third-order valence-electron chi connectivity index (χ3n) is 2.04. The number of rotatable bonds is 5. The zero-order valence-corrected chi connectivity index (χ0v) is 9.58. The second kappa shape index (κ2) is 6.43. The van der Waals surface area contributed by atoms with E-state index >= 15 is 0 Å². The quantitative estimate of drug-likeness (QED) is 0.646. The first kappa shape index (κ1) is 13.0. The van der Waals surface area contributed by atoms with Gasteiger partial charge in [0.25, 0.3) is 5.91 Å². The van der Waals surface area contributed by atoms with Gasteiger partial charge < -0.3 is 15.5 Å². The van der Waals surface area contributed by atoms with Crippen LogP contribution in [0.5, 0.6) is 0 Å². The Balaban J connectivity index is 4.20. The summed E-state index contributed by atoms with van der Waals surface area (Å²) >= 11 is 0. The van der Waals surface area contributed by atoms with E-state index in [1.807, 2.05) is 25.9 Å². The van der Waals surface area contributed by atoms with Crippen molar-refractivity contribution in [1.29, 1.82) is 0 Å². The van der Waals surface area contributed by atoms with Crippen molar-refractivity contribution < 1.29 is 4.79 Å². The predicted molar refractivity (Wildman–Crippen MR) is 58.8 cm³/mol. The molecule has 0 aromatic rings. The summed E-state index contributed by atoms with van der Waals surface area (Å²) in [4.78, 5) is 15.4. The number of hydrogen-bond acceptors (Lipinski definition) is 3. The summed E-state index contributed by atoms with van der Waals surface area (Å²) < 4.78 is 0. The molecule has 0 aromatic carbocycles. The van der Waals surface area contributed by atoms with Gasteiger partial charge in [0.1, 0.15) is 0 Å². The van der Waals surface area contributed by atoms with E-state index in [1.165, 1.54) is 0 Å². The molecule has 2 N–H and O–H groups in total. The van der Waals surface area contributed by atoms with E-state index in [-0.39, 0.29) is 5.91 Å². The zero-order chi connectivity index (χ0) is 11.1. The number of amides is 1. The van der Waals surface area contributed by atoms with Crippen LogP contribution in [0.25, 0.3) is 0 Å². The van der Waals surface area contributed by atoms with Gasteiger partial charge in [-0.15, -0.1) is 0 Å². The zero-order valence-electron chi connectivity index (χ0n) is 9.58. The van der Waals surface area contributed by atoms with Crippen LogP contribution in [0.1, 0.15) is 13.8 Å². The molecule has 0 saturated carbocycles. The molecule has 0 heterocycles. The third-order valence-corrected chi connectivity index (χ3v) is 2.04. The Morgan fingerprint density at radius 3 is 2.29 bits per heavy atom. The van der Waals surface area contributed by atoms with Gasteiger partial charge in [0.05, 0.1) is 5.70 Å². The highest BCUT2D eigenvalue weighted by atomic mass is 16.2. The molecule has 14 heavy (non-hydrogen) atoms. The first-order valence-corrected chi connectivity index (χ1v) is 4.88. The fraction of sp³-hybridized carbons (Fsp3) is 0.700. The van der Waals surface area contributed by atoms with Crippen molar-refractivity contribution in [3.63, 3.8) is 0 Å². The molecule has 0 aromatic heterocycles. The number of nitrogens with zero attached hydrogens (tertiary/aromatic N) is 2. The summed E-state index contributed by atoms with van der Waals surface area (Å²) in [5.41, 5.74) is 5.88. The monoisotopic (exact) mass is 199 g/mol. The first-order valence-electron chi connectivity index (χ1n) is 4.88. The number of likely N-dealkylation sites (N-methyl/N-ethyl adjacent to an activating group) is 2. The first-order chi connectivity index (χ1) is 6.52. The molecular weight excluding hydrogens is 178 g/mol. The lowest BCUT2D eigenvalue weighted by Gasteiger charge is -2.22. The lowest BCUT2D eigenvalue weighted by molar-refractivity contribution is -0.127. The van der Waals surface area contributed by atoms with E-state index in [4.69, 9.17) is 5.73 Å². The average molecular weight is 199 g/mol. The molecule has 0 fully saturated rings. The normalized spacial score (nSPS) is 11.9. The second-order valence-electron chi connectivity index (χ2n) is 3.43. The van der Waals surface area contributed by atoms with Crippen molar-refractivity contribution in [2.24, 2.45) is 5.73 Å². The van der Waals surface area contributed by atoms with Crippen LogP contribution in [0, 0.1) is 0 Å². The molecule has 0 aliphatic carbocycles. The molecular formula is C10H21N3O. The maximum absolute atomic E-state index is 11.6. The van der Waals surface area contributed by atoms with Gasteiger partial charge in [0.15, 0.2) is 0 Å². The Hall–Kier alpha value is -1.03. The molecule has 0 rings (SSSR count). The molecule has 0 aliphatic heterocycles. The van der Waals surface area contributed by atoms with Gasteiger partial charge in [0.2, 0.25) is 0 Å². The second-order valence-corrected chi connectivity index (χ2v) is 3.43. The highest BCUT2D eigenvalue weighted by molar-refractivity contribution is 5.92. The lowest BCUT2D eigenvalue weighted by atomic mass is 10.3. The van der Waals surface area contributed by atoms with Gasteiger partial charge in [-0.1, -0.05) is 6.08 Å². The van der Waals surface area contributed by atoms with Gasteiger partial charge in [-0.2, -0.15) is 0 Å². The van der Waals surface area contributed by atoms with Crippen LogP contribution in [-0.2, 0) is 4.79 Å². The van der Waals surface area contributed by atoms with Crippen molar-refractivity contribution in [3.05, 3.63) is 11.8 Å². The van der Waals surface area contributed by atoms with E-state index in [1.54, 1.807) is 17.9 Å². The average Bonchev–Trinajstić information content (AvgIpc) is 2.16. The van der Waals surface area contributed by atoms with Crippen molar-refractivity contribution in [2.75, 3.05) is 33.7 Å². The van der Waals surface area contributed by atoms with Crippen LogP contribution < -0.4 is 5.73 Å². The van der Waals surface area contributed by atoms with Crippen LogP contribution in [0.2, 0.25) is 0 Å². The fourth-order valence-corrected chi connectivity index (χ4v) is 1.03. The Labute approximate surface area is 86.4 Å². The molecule has 1 amide bonds.